The lowest BCUT2D eigenvalue weighted by molar-refractivity contribution is -0.0134. The fourth-order valence-corrected chi connectivity index (χ4v) is 3.54. The van der Waals surface area contributed by atoms with Gasteiger partial charge >= 0.3 is 0 Å². The maximum absolute atomic E-state index is 5.90. The molecular weight excluding hydrogens is 244 g/mol. The summed E-state index contributed by atoms with van der Waals surface area (Å²) in [4.78, 5) is 4.81. The van der Waals surface area contributed by atoms with E-state index in [4.69, 9.17) is 9.72 Å². The van der Waals surface area contributed by atoms with Crippen LogP contribution < -0.4 is 5.32 Å². The van der Waals surface area contributed by atoms with E-state index in [1.54, 1.807) is 11.3 Å². The summed E-state index contributed by atoms with van der Waals surface area (Å²) in [7, 11) is 0. The van der Waals surface area contributed by atoms with Gasteiger partial charge in [0.1, 0.15) is 11.1 Å². The second-order valence-electron chi connectivity index (χ2n) is 5.96. The number of hydrogen-bond donors (Lipinski definition) is 1. The Morgan fingerprint density at radius 1 is 1.56 bits per heavy atom. The SMILES string of the molecule is CCOC(c1nc(C2CCCN2)cs1)C(C)(C)C. The standard InChI is InChI=1S/C14H24N2OS/c1-5-17-12(14(2,3)4)13-16-11(9-18-13)10-7-6-8-15-10/h9-10,12,15H,5-8H2,1-4H3. The highest BCUT2D eigenvalue weighted by Gasteiger charge is 2.30. The number of nitrogens with one attached hydrogen (secondary N) is 1. The maximum Gasteiger partial charge on any atom is 0.122 e. The zero-order valence-corrected chi connectivity index (χ0v) is 12.6. The number of hydrogen-bond acceptors (Lipinski definition) is 4. The summed E-state index contributed by atoms with van der Waals surface area (Å²) in [5, 5.41) is 6.81. The fraction of sp³-hybridized carbons (Fsp3) is 0.786. The topological polar surface area (TPSA) is 34.1 Å². The molecule has 1 saturated heterocycles. The molecule has 18 heavy (non-hydrogen) atoms. The van der Waals surface area contributed by atoms with Gasteiger partial charge in [0.15, 0.2) is 0 Å². The van der Waals surface area contributed by atoms with Gasteiger partial charge in [0, 0.05) is 12.0 Å². The predicted octanol–water partition coefficient (Wildman–Crippen LogP) is 3.69. The van der Waals surface area contributed by atoms with E-state index < -0.39 is 0 Å². The van der Waals surface area contributed by atoms with Crippen LogP contribution in [0.25, 0.3) is 0 Å². The van der Waals surface area contributed by atoms with Crippen LogP contribution in [0, 0.1) is 5.41 Å². The second-order valence-corrected chi connectivity index (χ2v) is 6.85. The molecular formula is C14H24N2OS. The van der Waals surface area contributed by atoms with Crippen molar-refractivity contribution in [2.45, 2.75) is 52.7 Å². The molecule has 0 bridgehead atoms. The average Bonchev–Trinajstić information content (AvgIpc) is 2.94. The van der Waals surface area contributed by atoms with Crippen LogP contribution in [0.2, 0.25) is 0 Å². The smallest absolute Gasteiger partial charge is 0.122 e. The van der Waals surface area contributed by atoms with Crippen molar-refractivity contribution in [2.24, 2.45) is 5.41 Å². The molecule has 102 valence electrons. The van der Waals surface area contributed by atoms with Gasteiger partial charge in [-0.2, -0.15) is 0 Å². The minimum atomic E-state index is 0.0915. The monoisotopic (exact) mass is 268 g/mol. The first-order valence-electron chi connectivity index (χ1n) is 6.82. The molecule has 1 aromatic rings. The molecule has 2 rings (SSSR count). The van der Waals surface area contributed by atoms with Crippen molar-refractivity contribution in [3.05, 3.63) is 16.1 Å². The molecule has 1 fully saturated rings. The van der Waals surface area contributed by atoms with Crippen molar-refractivity contribution in [2.75, 3.05) is 13.2 Å². The van der Waals surface area contributed by atoms with Gasteiger partial charge < -0.3 is 10.1 Å². The van der Waals surface area contributed by atoms with Crippen LogP contribution in [0.3, 0.4) is 0 Å². The van der Waals surface area contributed by atoms with Gasteiger partial charge in [-0.05, 0) is 31.7 Å². The molecule has 0 amide bonds. The zero-order chi connectivity index (χ0) is 13.2. The average molecular weight is 268 g/mol. The Labute approximate surface area is 114 Å². The van der Waals surface area contributed by atoms with Crippen LogP contribution in [0.4, 0.5) is 0 Å². The third-order valence-corrected chi connectivity index (χ3v) is 4.21. The van der Waals surface area contributed by atoms with Gasteiger partial charge in [0.05, 0.1) is 11.7 Å². The highest BCUT2D eigenvalue weighted by Crippen LogP contribution is 2.38. The highest BCUT2D eigenvalue weighted by atomic mass is 32.1. The summed E-state index contributed by atoms with van der Waals surface area (Å²) in [5.41, 5.74) is 1.29. The van der Waals surface area contributed by atoms with Crippen molar-refractivity contribution in [1.29, 1.82) is 0 Å². The summed E-state index contributed by atoms with van der Waals surface area (Å²) in [6, 6.07) is 0.456. The number of aromatic nitrogens is 1. The Kier molecular flexibility index (Phi) is 4.41. The molecule has 2 heterocycles. The van der Waals surface area contributed by atoms with E-state index in [9.17, 15) is 0 Å². The van der Waals surface area contributed by atoms with Crippen molar-refractivity contribution < 1.29 is 4.74 Å². The third-order valence-electron chi connectivity index (χ3n) is 3.30. The molecule has 0 spiro atoms. The van der Waals surface area contributed by atoms with E-state index in [0.29, 0.717) is 6.04 Å². The molecule has 0 aliphatic carbocycles. The molecule has 3 nitrogen and oxygen atoms in total. The molecule has 1 N–H and O–H groups in total. The van der Waals surface area contributed by atoms with Crippen LogP contribution in [-0.4, -0.2) is 18.1 Å². The first-order chi connectivity index (χ1) is 8.52. The predicted molar refractivity (Wildman–Crippen MR) is 75.9 cm³/mol. The van der Waals surface area contributed by atoms with Gasteiger partial charge in [-0.1, -0.05) is 20.8 Å². The summed E-state index contributed by atoms with van der Waals surface area (Å²) < 4.78 is 5.90. The first kappa shape index (κ1) is 14.0. The quantitative estimate of drug-likeness (QED) is 0.904. The van der Waals surface area contributed by atoms with E-state index in [1.165, 1.54) is 18.5 Å². The van der Waals surface area contributed by atoms with E-state index in [-0.39, 0.29) is 11.5 Å². The van der Waals surface area contributed by atoms with E-state index in [1.807, 2.05) is 6.92 Å². The molecule has 1 aliphatic heterocycles. The van der Waals surface area contributed by atoms with E-state index >= 15 is 0 Å². The van der Waals surface area contributed by atoms with Gasteiger partial charge in [0.25, 0.3) is 0 Å². The minimum absolute atomic E-state index is 0.0915. The van der Waals surface area contributed by atoms with Crippen molar-refractivity contribution in [3.8, 4) is 0 Å². The molecule has 2 atom stereocenters. The Hall–Kier alpha value is -0.450. The summed E-state index contributed by atoms with van der Waals surface area (Å²) in [5.74, 6) is 0. The van der Waals surface area contributed by atoms with Crippen LogP contribution in [0.15, 0.2) is 5.38 Å². The van der Waals surface area contributed by atoms with Crippen LogP contribution in [-0.2, 0) is 4.74 Å². The van der Waals surface area contributed by atoms with Gasteiger partial charge in [-0.15, -0.1) is 11.3 Å². The van der Waals surface area contributed by atoms with Crippen molar-refractivity contribution in [1.82, 2.24) is 10.3 Å². The van der Waals surface area contributed by atoms with Crippen molar-refractivity contribution in [3.63, 3.8) is 0 Å². The molecule has 4 heteroatoms. The summed E-state index contributed by atoms with van der Waals surface area (Å²) >= 11 is 1.74. The second kappa shape index (κ2) is 5.68. The molecule has 0 saturated carbocycles. The van der Waals surface area contributed by atoms with E-state index in [2.05, 4.69) is 31.5 Å². The molecule has 0 radical (unpaired) electrons. The molecule has 1 aromatic heterocycles. The third kappa shape index (κ3) is 3.11. The Bertz CT molecular complexity index is 377. The Balaban J connectivity index is 2.15. The number of thiazole rings is 1. The summed E-state index contributed by atoms with van der Waals surface area (Å²) in [6.07, 6.45) is 2.56. The summed E-state index contributed by atoms with van der Waals surface area (Å²) in [6.45, 7) is 10.5. The first-order valence-corrected chi connectivity index (χ1v) is 7.70. The van der Waals surface area contributed by atoms with Crippen LogP contribution >= 0.6 is 11.3 Å². The molecule has 0 aromatic carbocycles. The van der Waals surface area contributed by atoms with Crippen molar-refractivity contribution >= 4 is 11.3 Å². The lowest BCUT2D eigenvalue weighted by Gasteiger charge is -2.28. The van der Waals surface area contributed by atoms with Gasteiger partial charge in [0.2, 0.25) is 0 Å². The maximum atomic E-state index is 5.90. The van der Waals surface area contributed by atoms with Gasteiger partial charge in [-0.25, -0.2) is 4.98 Å². The highest BCUT2D eigenvalue weighted by molar-refractivity contribution is 7.09. The van der Waals surface area contributed by atoms with E-state index in [0.717, 1.165) is 18.2 Å². The molecule has 1 aliphatic rings. The largest absolute Gasteiger partial charge is 0.371 e. The minimum Gasteiger partial charge on any atom is -0.371 e. The number of rotatable bonds is 4. The normalized spacial score (nSPS) is 22.3. The number of ether oxygens (including phenoxy) is 1. The zero-order valence-electron chi connectivity index (χ0n) is 11.8. The van der Waals surface area contributed by atoms with Gasteiger partial charge in [-0.3, -0.25) is 0 Å². The Morgan fingerprint density at radius 3 is 2.89 bits per heavy atom. The fourth-order valence-electron chi connectivity index (χ4n) is 2.38. The van der Waals surface area contributed by atoms with Crippen LogP contribution in [0.1, 0.15) is 63.4 Å². The number of nitrogens with zero attached hydrogens (tertiary/aromatic N) is 1. The Morgan fingerprint density at radius 2 is 2.33 bits per heavy atom. The molecule has 2 unspecified atom stereocenters. The van der Waals surface area contributed by atoms with Crippen LogP contribution in [0.5, 0.6) is 0 Å². The lowest BCUT2D eigenvalue weighted by atomic mass is 9.89. The lowest BCUT2D eigenvalue weighted by Crippen LogP contribution is -2.21.